The molecule has 1 aliphatic rings. The van der Waals surface area contributed by atoms with Crippen molar-refractivity contribution in [2.75, 3.05) is 29.5 Å². The molecule has 2 rings (SSSR count). The molecule has 0 amide bonds. The van der Waals surface area contributed by atoms with Crippen LogP contribution in [0.3, 0.4) is 0 Å². The van der Waals surface area contributed by atoms with Crippen molar-refractivity contribution in [1.82, 2.24) is 0 Å². The first kappa shape index (κ1) is 13.3. The molecular weight excluding hydrogens is 253 g/mol. The quantitative estimate of drug-likeness (QED) is 0.771. The second-order valence-corrected chi connectivity index (χ2v) is 6.10. The maximum absolute atomic E-state index is 14.2. The number of rotatable bonds is 1. The van der Waals surface area contributed by atoms with Crippen molar-refractivity contribution in [3.63, 3.8) is 0 Å². The average molecular weight is 272 g/mol. The fraction of sp³-hybridized carbons (Fsp3) is 0.538. The van der Waals surface area contributed by atoms with Gasteiger partial charge in [-0.05, 0) is 24.3 Å². The van der Waals surface area contributed by atoms with E-state index in [2.05, 4.69) is 13.8 Å². The van der Waals surface area contributed by atoms with E-state index < -0.39 is 5.82 Å². The summed E-state index contributed by atoms with van der Waals surface area (Å²) in [6.45, 7) is 5.91. The molecule has 0 saturated carbocycles. The Morgan fingerprint density at radius 1 is 1.33 bits per heavy atom. The van der Waals surface area contributed by atoms with Crippen molar-refractivity contribution in [2.24, 2.45) is 5.41 Å². The van der Waals surface area contributed by atoms with Crippen LogP contribution in [0.25, 0.3) is 0 Å². The lowest BCUT2D eigenvalue weighted by Gasteiger charge is -2.40. The third-order valence-electron chi connectivity index (χ3n) is 3.46. The van der Waals surface area contributed by atoms with Gasteiger partial charge in [0.15, 0.2) is 5.82 Å². The number of benzene rings is 1. The van der Waals surface area contributed by atoms with Crippen LogP contribution in [0.15, 0.2) is 6.07 Å². The molecule has 18 heavy (non-hydrogen) atoms. The molecule has 0 atom stereocenters. The zero-order valence-electron chi connectivity index (χ0n) is 10.8. The van der Waals surface area contributed by atoms with Gasteiger partial charge < -0.3 is 16.4 Å². The van der Waals surface area contributed by atoms with Gasteiger partial charge in [0.1, 0.15) is 5.02 Å². The number of nitrogens with zero attached hydrogens (tertiary/aromatic N) is 1. The number of nitrogen functional groups attached to an aromatic ring is 2. The number of hydrogen-bond donors (Lipinski definition) is 2. The molecule has 1 saturated heterocycles. The first-order valence-electron chi connectivity index (χ1n) is 6.10. The Hall–Kier alpha value is -1.16. The van der Waals surface area contributed by atoms with Crippen LogP contribution in [0.5, 0.6) is 0 Å². The average Bonchev–Trinajstić information content (AvgIpc) is 2.25. The topological polar surface area (TPSA) is 55.3 Å². The summed E-state index contributed by atoms with van der Waals surface area (Å²) in [6, 6.07) is 1.53. The Morgan fingerprint density at radius 3 is 2.61 bits per heavy atom. The van der Waals surface area contributed by atoms with Gasteiger partial charge in [0.25, 0.3) is 0 Å². The number of nitrogens with two attached hydrogens (primary N) is 2. The van der Waals surface area contributed by atoms with Gasteiger partial charge in [0.05, 0.1) is 17.1 Å². The lowest BCUT2D eigenvalue weighted by molar-refractivity contribution is 0.292. The van der Waals surface area contributed by atoms with Gasteiger partial charge in [-0.1, -0.05) is 25.4 Å². The van der Waals surface area contributed by atoms with Gasteiger partial charge in [0, 0.05) is 13.1 Å². The fourth-order valence-electron chi connectivity index (χ4n) is 2.59. The van der Waals surface area contributed by atoms with Crippen molar-refractivity contribution in [3.05, 3.63) is 16.9 Å². The molecule has 1 heterocycles. The van der Waals surface area contributed by atoms with E-state index in [-0.39, 0.29) is 16.1 Å². The molecule has 0 radical (unpaired) electrons. The zero-order chi connectivity index (χ0) is 13.5. The lowest BCUT2D eigenvalue weighted by Crippen LogP contribution is -2.40. The fourth-order valence-corrected chi connectivity index (χ4v) is 2.74. The van der Waals surface area contributed by atoms with Crippen molar-refractivity contribution in [3.8, 4) is 0 Å². The van der Waals surface area contributed by atoms with Crippen LogP contribution < -0.4 is 16.4 Å². The SMILES string of the molecule is CC1(C)CCCN(c2c(N)cc(N)c(Cl)c2F)C1. The molecular formula is C13H19ClFN3. The molecule has 0 unspecified atom stereocenters. The smallest absolute Gasteiger partial charge is 0.169 e. The van der Waals surface area contributed by atoms with Gasteiger partial charge in [-0.25, -0.2) is 4.39 Å². The Bertz CT molecular complexity index is 474. The van der Waals surface area contributed by atoms with Gasteiger partial charge in [-0.2, -0.15) is 0 Å². The number of hydrogen-bond acceptors (Lipinski definition) is 3. The second kappa shape index (κ2) is 4.50. The summed E-state index contributed by atoms with van der Waals surface area (Å²) in [6.07, 6.45) is 2.15. The van der Waals surface area contributed by atoms with Crippen LogP contribution in [0.1, 0.15) is 26.7 Å². The van der Waals surface area contributed by atoms with E-state index in [1.807, 2.05) is 4.90 Å². The monoisotopic (exact) mass is 271 g/mol. The molecule has 1 aliphatic heterocycles. The van der Waals surface area contributed by atoms with E-state index >= 15 is 0 Å². The van der Waals surface area contributed by atoms with E-state index in [1.165, 1.54) is 6.07 Å². The van der Waals surface area contributed by atoms with Gasteiger partial charge >= 0.3 is 0 Å². The molecule has 4 N–H and O–H groups in total. The third-order valence-corrected chi connectivity index (χ3v) is 3.84. The highest BCUT2D eigenvalue weighted by molar-refractivity contribution is 6.33. The predicted octanol–water partition coefficient (Wildman–Crippen LogP) is 3.27. The minimum Gasteiger partial charge on any atom is -0.397 e. The molecule has 1 aromatic carbocycles. The molecule has 0 aliphatic carbocycles. The van der Waals surface area contributed by atoms with Crippen molar-refractivity contribution < 1.29 is 4.39 Å². The molecule has 0 spiro atoms. The van der Waals surface area contributed by atoms with Crippen LogP contribution in [-0.2, 0) is 0 Å². The summed E-state index contributed by atoms with van der Waals surface area (Å²) in [5.74, 6) is -0.508. The van der Waals surface area contributed by atoms with Gasteiger partial charge in [-0.15, -0.1) is 0 Å². The minimum absolute atomic E-state index is 0.0393. The van der Waals surface area contributed by atoms with Crippen LogP contribution in [0.4, 0.5) is 21.5 Å². The van der Waals surface area contributed by atoms with E-state index in [0.717, 1.165) is 25.9 Å². The van der Waals surface area contributed by atoms with E-state index in [4.69, 9.17) is 23.1 Å². The second-order valence-electron chi connectivity index (χ2n) is 5.72. The van der Waals surface area contributed by atoms with Crippen LogP contribution in [0.2, 0.25) is 5.02 Å². The summed E-state index contributed by atoms with van der Waals surface area (Å²) < 4.78 is 14.2. The van der Waals surface area contributed by atoms with Crippen LogP contribution >= 0.6 is 11.6 Å². The summed E-state index contributed by atoms with van der Waals surface area (Å²) in [4.78, 5) is 1.97. The number of piperidine rings is 1. The maximum atomic E-state index is 14.2. The molecule has 5 heteroatoms. The molecule has 100 valence electrons. The van der Waals surface area contributed by atoms with E-state index in [1.54, 1.807) is 0 Å². The lowest BCUT2D eigenvalue weighted by atomic mass is 9.84. The molecule has 0 bridgehead atoms. The Morgan fingerprint density at radius 2 is 2.00 bits per heavy atom. The Balaban J connectivity index is 2.42. The zero-order valence-corrected chi connectivity index (χ0v) is 11.5. The van der Waals surface area contributed by atoms with Crippen molar-refractivity contribution in [2.45, 2.75) is 26.7 Å². The first-order valence-corrected chi connectivity index (χ1v) is 6.47. The molecule has 1 fully saturated rings. The summed E-state index contributed by atoms with van der Waals surface area (Å²) in [5, 5.41) is -0.0393. The third kappa shape index (κ3) is 2.34. The highest BCUT2D eigenvalue weighted by atomic mass is 35.5. The predicted molar refractivity (Wildman–Crippen MR) is 75.5 cm³/mol. The largest absolute Gasteiger partial charge is 0.397 e. The van der Waals surface area contributed by atoms with Crippen molar-refractivity contribution in [1.29, 1.82) is 0 Å². The minimum atomic E-state index is -0.508. The van der Waals surface area contributed by atoms with Crippen LogP contribution in [0, 0.1) is 11.2 Å². The van der Waals surface area contributed by atoms with Crippen molar-refractivity contribution >= 4 is 28.7 Å². The normalized spacial score (nSPS) is 19.0. The van der Waals surface area contributed by atoms with E-state index in [9.17, 15) is 4.39 Å². The summed E-state index contributed by atoms with van der Waals surface area (Å²) in [7, 11) is 0. The highest BCUT2D eigenvalue weighted by Gasteiger charge is 2.29. The molecule has 0 aromatic heterocycles. The Kier molecular flexibility index (Phi) is 3.32. The molecule has 3 nitrogen and oxygen atoms in total. The standard InChI is InChI=1S/C13H19ClFN3/c1-13(2)4-3-5-18(7-13)12-9(17)6-8(16)10(14)11(12)15/h6H,3-5,7,16-17H2,1-2H3. The van der Waals surface area contributed by atoms with E-state index in [0.29, 0.717) is 11.4 Å². The number of halogens is 2. The summed E-state index contributed by atoms with van der Waals surface area (Å²) >= 11 is 5.86. The molecule has 1 aromatic rings. The van der Waals surface area contributed by atoms with Crippen LogP contribution in [-0.4, -0.2) is 13.1 Å². The summed E-state index contributed by atoms with van der Waals surface area (Å²) in [5.41, 5.74) is 12.6. The van der Waals surface area contributed by atoms with Gasteiger partial charge in [-0.3, -0.25) is 0 Å². The maximum Gasteiger partial charge on any atom is 0.169 e. The first-order chi connectivity index (χ1) is 8.32. The Labute approximate surface area is 112 Å². The number of anilines is 3. The van der Waals surface area contributed by atoms with Gasteiger partial charge in [0.2, 0.25) is 0 Å². The highest BCUT2D eigenvalue weighted by Crippen LogP contribution is 2.39.